The number of hydrogen-bond acceptors (Lipinski definition) is 5. The summed E-state index contributed by atoms with van der Waals surface area (Å²) in [4.78, 5) is 7.77. The minimum atomic E-state index is -0.456. The van der Waals surface area contributed by atoms with Gasteiger partial charge in [0.15, 0.2) is 11.6 Å². The summed E-state index contributed by atoms with van der Waals surface area (Å²) >= 11 is 1.17. The van der Waals surface area contributed by atoms with Crippen LogP contribution in [0.25, 0.3) is 0 Å². The summed E-state index contributed by atoms with van der Waals surface area (Å²) in [6, 6.07) is 0. The first-order valence-electron chi connectivity index (χ1n) is 4.63. The van der Waals surface area contributed by atoms with Crippen molar-refractivity contribution in [1.82, 2.24) is 9.97 Å². The van der Waals surface area contributed by atoms with E-state index >= 15 is 0 Å². The average Bonchev–Trinajstić information content (AvgIpc) is 2.26. The van der Waals surface area contributed by atoms with E-state index in [0.717, 1.165) is 12.4 Å². The maximum absolute atomic E-state index is 12.6. The third-order valence-electron chi connectivity index (χ3n) is 1.88. The standard InChI is InChI=1S/C9H14FN3OS/c1-3-14-8(6(2)15-11)9-12-4-7(10)5-13-9/h4-6,8H,3,11H2,1-2H3. The molecule has 0 fully saturated rings. The first kappa shape index (κ1) is 12.4. The molecule has 4 nitrogen and oxygen atoms in total. The van der Waals surface area contributed by atoms with Gasteiger partial charge in [0, 0.05) is 11.9 Å². The molecule has 15 heavy (non-hydrogen) atoms. The Labute approximate surface area is 92.6 Å². The molecular formula is C9H14FN3OS. The lowest BCUT2D eigenvalue weighted by molar-refractivity contribution is 0.0574. The van der Waals surface area contributed by atoms with Crippen LogP contribution in [0.15, 0.2) is 12.4 Å². The highest BCUT2D eigenvalue weighted by molar-refractivity contribution is 7.97. The van der Waals surface area contributed by atoms with Gasteiger partial charge >= 0.3 is 0 Å². The van der Waals surface area contributed by atoms with Crippen LogP contribution in [0, 0.1) is 5.82 Å². The van der Waals surface area contributed by atoms with E-state index in [1.54, 1.807) is 0 Å². The molecule has 0 aromatic carbocycles. The highest BCUT2D eigenvalue weighted by atomic mass is 32.2. The number of ether oxygens (including phenoxy) is 1. The second-order valence-corrected chi connectivity index (χ2v) is 3.99. The molecule has 0 aliphatic carbocycles. The van der Waals surface area contributed by atoms with Crippen molar-refractivity contribution in [3.63, 3.8) is 0 Å². The van der Waals surface area contributed by atoms with Gasteiger partial charge in [-0.25, -0.2) is 14.4 Å². The molecule has 0 saturated heterocycles. The molecule has 1 rings (SSSR count). The third-order valence-corrected chi connectivity index (χ3v) is 2.56. The Morgan fingerprint density at radius 2 is 2.13 bits per heavy atom. The fraction of sp³-hybridized carbons (Fsp3) is 0.556. The van der Waals surface area contributed by atoms with Crippen LogP contribution >= 0.6 is 11.9 Å². The Morgan fingerprint density at radius 3 is 2.60 bits per heavy atom. The molecule has 2 N–H and O–H groups in total. The van der Waals surface area contributed by atoms with Crippen LogP contribution in [0.2, 0.25) is 0 Å². The van der Waals surface area contributed by atoms with Crippen molar-refractivity contribution in [3.05, 3.63) is 24.0 Å². The molecule has 0 amide bonds. The molecule has 2 unspecified atom stereocenters. The van der Waals surface area contributed by atoms with Crippen molar-refractivity contribution < 1.29 is 9.13 Å². The summed E-state index contributed by atoms with van der Waals surface area (Å²) in [6.07, 6.45) is 1.95. The third kappa shape index (κ3) is 3.40. The van der Waals surface area contributed by atoms with Crippen LogP contribution in [0.4, 0.5) is 4.39 Å². The average molecular weight is 231 g/mol. The minimum Gasteiger partial charge on any atom is -0.369 e. The van der Waals surface area contributed by atoms with E-state index in [2.05, 4.69) is 9.97 Å². The molecule has 1 aromatic rings. The van der Waals surface area contributed by atoms with Crippen molar-refractivity contribution in [3.8, 4) is 0 Å². The molecule has 6 heteroatoms. The summed E-state index contributed by atoms with van der Waals surface area (Å²) in [6.45, 7) is 4.33. The summed E-state index contributed by atoms with van der Waals surface area (Å²) in [5.74, 6) is 0.00533. The van der Waals surface area contributed by atoms with Gasteiger partial charge in [-0.05, 0) is 13.8 Å². The summed E-state index contributed by atoms with van der Waals surface area (Å²) in [7, 11) is 0. The van der Waals surface area contributed by atoms with E-state index in [-0.39, 0.29) is 11.4 Å². The SMILES string of the molecule is CCOC(c1ncc(F)cn1)C(C)SN. The van der Waals surface area contributed by atoms with Gasteiger partial charge in [-0.2, -0.15) is 0 Å². The normalized spacial score (nSPS) is 14.9. The number of aromatic nitrogens is 2. The fourth-order valence-electron chi connectivity index (χ4n) is 1.14. The lowest BCUT2D eigenvalue weighted by atomic mass is 10.2. The van der Waals surface area contributed by atoms with Crippen LogP contribution in [0.3, 0.4) is 0 Å². The molecule has 2 atom stereocenters. The van der Waals surface area contributed by atoms with E-state index < -0.39 is 5.82 Å². The van der Waals surface area contributed by atoms with Gasteiger partial charge in [-0.15, -0.1) is 0 Å². The molecule has 0 aliphatic rings. The predicted octanol–water partition coefficient (Wildman–Crippen LogP) is 1.69. The van der Waals surface area contributed by atoms with E-state index in [4.69, 9.17) is 9.88 Å². The van der Waals surface area contributed by atoms with Gasteiger partial charge in [0.25, 0.3) is 0 Å². The van der Waals surface area contributed by atoms with Crippen LogP contribution in [0.1, 0.15) is 25.8 Å². The molecule has 84 valence electrons. The molecule has 1 heterocycles. The summed E-state index contributed by atoms with van der Waals surface area (Å²) in [5.41, 5.74) is 0. The number of rotatable bonds is 5. The van der Waals surface area contributed by atoms with Gasteiger partial charge in [0.2, 0.25) is 0 Å². The van der Waals surface area contributed by atoms with E-state index in [9.17, 15) is 4.39 Å². The fourth-order valence-corrected chi connectivity index (χ4v) is 1.48. The smallest absolute Gasteiger partial charge is 0.159 e. The number of nitrogens with zero attached hydrogens (tertiary/aromatic N) is 2. The lowest BCUT2D eigenvalue weighted by Gasteiger charge is -2.20. The topological polar surface area (TPSA) is 61.0 Å². The highest BCUT2D eigenvalue weighted by Gasteiger charge is 2.22. The summed E-state index contributed by atoms with van der Waals surface area (Å²) < 4.78 is 18.1. The van der Waals surface area contributed by atoms with Crippen LogP contribution in [-0.2, 0) is 4.74 Å². The number of hydrogen-bond donors (Lipinski definition) is 1. The quantitative estimate of drug-likeness (QED) is 0.781. The van der Waals surface area contributed by atoms with E-state index in [1.807, 2.05) is 13.8 Å². The molecule has 0 spiro atoms. The molecule has 0 radical (unpaired) electrons. The van der Waals surface area contributed by atoms with Crippen LogP contribution in [-0.4, -0.2) is 21.8 Å². The first-order chi connectivity index (χ1) is 7.19. The largest absolute Gasteiger partial charge is 0.369 e. The predicted molar refractivity (Wildman–Crippen MR) is 57.6 cm³/mol. The van der Waals surface area contributed by atoms with Crippen molar-refractivity contribution in [2.75, 3.05) is 6.61 Å². The second-order valence-electron chi connectivity index (χ2n) is 2.98. The van der Waals surface area contributed by atoms with Gasteiger partial charge in [-0.3, -0.25) is 5.14 Å². The van der Waals surface area contributed by atoms with Crippen molar-refractivity contribution in [1.29, 1.82) is 0 Å². The Morgan fingerprint density at radius 1 is 1.53 bits per heavy atom. The second kappa shape index (κ2) is 5.99. The molecule has 0 bridgehead atoms. The van der Waals surface area contributed by atoms with Gasteiger partial charge in [-0.1, -0.05) is 11.9 Å². The minimum absolute atomic E-state index is 0.0235. The maximum Gasteiger partial charge on any atom is 0.159 e. The Balaban J connectivity index is 2.83. The Kier molecular flexibility index (Phi) is 4.93. The van der Waals surface area contributed by atoms with E-state index in [0.29, 0.717) is 12.4 Å². The maximum atomic E-state index is 12.6. The summed E-state index contributed by atoms with van der Waals surface area (Å²) in [5, 5.41) is 5.50. The van der Waals surface area contributed by atoms with Crippen molar-refractivity contribution in [2.45, 2.75) is 25.2 Å². The highest BCUT2D eigenvalue weighted by Crippen LogP contribution is 2.24. The Hall–Kier alpha value is -0.720. The van der Waals surface area contributed by atoms with Crippen LogP contribution in [0.5, 0.6) is 0 Å². The van der Waals surface area contributed by atoms with Gasteiger partial charge in [0.1, 0.15) is 6.10 Å². The van der Waals surface area contributed by atoms with E-state index in [1.165, 1.54) is 11.9 Å². The van der Waals surface area contributed by atoms with Crippen molar-refractivity contribution in [2.24, 2.45) is 5.14 Å². The molecule has 0 aliphatic heterocycles. The van der Waals surface area contributed by atoms with Crippen LogP contribution < -0.4 is 5.14 Å². The zero-order valence-electron chi connectivity index (χ0n) is 8.68. The number of nitrogens with two attached hydrogens (primary N) is 1. The van der Waals surface area contributed by atoms with Gasteiger partial charge in [0.05, 0.1) is 12.4 Å². The molecular weight excluding hydrogens is 217 g/mol. The lowest BCUT2D eigenvalue weighted by Crippen LogP contribution is -2.20. The Bertz CT molecular complexity index is 296. The number of halogens is 1. The van der Waals surface area contributed by atoms with Crippen molar-refractivity contribution >= 4 is 11.9 Å². The monoisotopic (exact) mass is 231 g/mol. The molecule has 0 saturated carbocycles. The zero-order valence-corrected chi connectivity index (χ0v) is 9.50. The van der Waals surface area contributed by atoms with Gasteiger partial charge < -0.3 is 4.74 Å². The first-order valence-corrected chi connectivity index (χ1v) is 5.58. The molecule has 1 aromatic heterocycles. The zero-order chi connectivity index (χ0) is 11.3.